The molecule has 2 rings (SSSR count). The molecule has 112 valence electrons. The lowest BCUT2D eigenvalue weighted by molar-refractivity contribution is 0.239. The summed E-state index contributed by atoms with van der Waals surface area (Å²) in [5, 5.41) is 3.39. The van der Waals surface area contributed by atoms with Gasteiger partial charge in [0, 0.05) is 19.3 Å². The minimum Gasteiger partial charge on any atom is -0.489 e. The molecule has 0 spiro atoms. The van der Waals surface area contributed by atoms with Crippen LogP contribution in [0, 0.1) is 0 Å². The van der Waals surface area contributed by atoms with Crippen LogP contribution in [-0.2, 0) is 13.1 Å². The lowest BCUT2D eigenvalue weighted by atomic mass is 10.2. The van der Waals surface area contributed by atoms with Crippen LogP contribution in [0.5, 0.6) is 5.75 Å². The summed E-state index contributed by atoms with van der Waals surface area (Å²) in [6.07, 6.45) is 1.95. The van der Waals surface area contributed by atoms with Gasteiger partial charge in [0.15, 0.2) is 0 Å². The highest BCUT2D eigenvalue weighted by Gasteiger charge is 2.10. The fourth-order valence-electron chi connectivity index (χ4n) is 1.90. The number of halogens is 2. The molecule has 0 aliphatic carbocycles. The van der Waals surface area contributed by atoms with Gasteiger partial charge in [-0.05, 0) is 75.5 Å². The highest BCUT2D eigenvalue weighted by atomic mass is 79.9. The van der Waals surface area contributed by atoms with Crippen LogP contribution >= 0.6 is 31.9 Å². The number of pyridine rings is 1. The highest BCUT2D eigenvalue weighted by Crippen LogP contribution is 2.35. The van der Waals surface area contributed by atoms with Gasteiger partial charge in [-0.1, -0.05) is 6.07 Å². The first-order chi connectivity index (χ1) is 10.1. The number of ether oxygens (including phenoxy) is 1. The number of nitrogens with one attached hydrogen (secondary N) is 1. The Balaban J connectivity index is 1.98. The molecule has 0 unspecified atom stereocenters. The average Bonchev–Trinajstić information content (AvgIpc) is 2.44. The third kappa shape index (κ3) is 5.09. The first-order valence-electron chi connectivity index (χ1n) is 6.81. The molecule has 0 aliphatic rings. The fraction of sp³-hybridized carbons (Fsp3) is 0.312. The Bertz CT molecular complexity index is 565. The Morgan fingerprint density at radius 3 is 2.43 bits per heavy atom. The first kappa shape index (κ1) is 16.5. The summed E-state index contributed by atoms with van der Waals surface area (Å²) < 4.78 is 7.70. The van der Waals surface area contributed by atoms with Crippen molar-refractivity contribution in [3.63, 3.8) is 0 Å². The van der Waals surface area contributed by atoms with E-state index in [9.17, 15) is 0 Å². The minimum absolute atomic E-state index is 0.144. The zero-order chi connectivity index (χ0) is 15.2. The molecule has 0 atom stereocenters. The van der Waals surface area contributed by atoms with Crippen molar-refractivity contribution >= 4 is 31.9 Å². The molecule has 0 fully saturated rings. The summed E-state index contributed by atoms with van der Waals surface area (Å²) in [5.74, 6) is 0.846. The number of benzene rings is 1. The second-order valence-electron chi connectivity index (χ2n) is 4.98. The van der Waals surface area contributed by atoms with Crippen LogP contribution < -0.4 is 10.1 Å². The third-order valence-corrected chi connectivity index (χ3v) is 3.95. The largest absolute Gasteiger partial charge is 0.489 e. The maximum absolute atomic E-state index is 5.78. The van der Waals surface area contributed by atoms with E-state index in [-0.39, 0.29) is 6.10 Å². The van der Waals surface area contributed by atoms with Crippen LogP contribution in [0.15, 0.2) is 45.5 Å². The molecule has 0 aliphatic heterocycles. The average molecular weight is 414 g/mol. The molecule has 1 N–H and O–H groups in total. The zero-order valence-corrected chi connectivity index (χ0v) is 15.2. The Morgan fingerprint density at radius 2 is 1.86 bits per heavy atom. The van der Waals surface area contributed by atoms with Crippen molar-refractivity contribution in [2.45, 2.75) is 33.0 Å². The van der Waals surface area contributed by atoms with E-state index in [0.29, 0.717) is 0 Å². The van der Waals surface area contributed by atoms with E-state index in [1.807, 2.05) is 38.2 Å². The molecule has 1 aromatic heterocycles. The molecule has 0 saturated carbocycles. The van der Waals surface area contributed by atoms with Crippen LogP contribution in [0.25, 0.3) is 0 Å². The summed E-state index contributed by atoms with van der Waals surface area (Å²) >= 11 is 7.14. The van der Waals surface area contributed by atoms with Gasteiger partial charge in [0.25, 0.3) is 0 Å². The van der Waals surface area contributed by atoms with Crippen molar-refractivity contribution < 1.29 is 4.74 Å². The van der Waals surface area contributed by atoms with Crippen molar-refractivity contribution in [3.05, 3.63) is 56.7 Å². The van der Waals surface area contributed by atoms with Crippen molar-refractivity contribution in [3.8, 4) is 5.75 Å². The molecule has 21 heavy (non-hydrogen) atoms. The Hall–Kier alpha value is -0.910. The van der Waals surface area contributed by atoms with E-state index in [0.717, 1.165) is 33.5 Å². The van der Waals surface area contributed by atoms with Gasteiger partial charge in [-0.2, -0.15) is 0 Å². The standard InChI is InChI=1S/C16H18Br2N2O/c1-11(2)21-16-14(17)7-12(8-15(16)18)9-19-10-13-5-3-4-6-20-13/h3-8,11,19H,9-10H2,1-2H3. The summed E-state index contributed by atoms with van der Waals surface area (Å²) in [6, 6.07) is 10.1. The lowest BCUT2D eigenvalue weighted by Gasteiger charge is -2.15. The molecule has 1 heterocycles. The third-order valence-electron chi connectivity index (χ3n) is 2.77. The van der Waals surface area contributed by atoms with Crippen molar-refractivity contribution in [1.29, 1.82) is 0 Å². The van der Waals surface area contributed by atoms with Gasteiger partial charge in [0.1, 0.15) is 5.75 Å². The highest BCUT2D eigenvalue weighted by molar-refractivity contribution is 9.11. The Morgan fingerprint density at radius 1 is 1.14 bits per heavy atom. The summed E-state index contributed by atoms with van der Waals surface area (Å²) in [7, 11) is 0. The van der Waals surface area contributed by atoms with E-state index >= 15 is 0 Å². The normalized spacial score (nSPS) is 10.9. The van der Waals surface area contributed by atoms with Gasteiger partial charge in [-0.15, -0.1) is 0 Å². The molecule has 5 heteroatoms. The zero-order valence-electron chi connectivity index (χ0n) is 12.1. The van der Waals surface area contributed by atoms with Gasteiger partial charge in [-0.25, -0.2) is 0 Å². The Kier molecular flexibility index (Phi) is 6.21. The predicted molar refractivity (Wildman–Crippen MR) is 92.4 cm³/mol. The first-order valence-corrected chi connectivity index (χ1v) is 8.40. The van der Waals surface area contributed by atoms with E-state index in [2.05, 4.69) is 54.3 Å². The Labute approximate surface area is 142 Å². The number of hydrogen-bond donors (Lipinski definition) is 1. The molecular formula is C16H18Br2N2O. The second-order valence-corrected chi connectivity index (χ2v) is 6.69. The molecular weight excluding hydrogens is 396 g/mol. The summed E-state index contributed by atoms with van der Waals surface area (Å²) in [5.41, 5.74) is 2.22. The molecule has 0 amide bonds. The predicted octanol–water partition coefficient (Wildman–Crippen LogP) is 4.68. The maximum atomic E-state index is 5.78. The van der Waals surface area contributed by atoms with E-state index in [1.54, 1.807) is 0 Å². The second kappa shape index (κ2) is 7.92. The van der Waals surface area contributed by atoms with Crippen molar-refractivity contribution in [1.82, 2.24) is 10.3 Å². The molecule has 0 saturated heterocycles. The quantitative estimate of drug-likeness (QED) is 0.746. The van der Waals surface area contributed by atoms with Gasteiger partial charge < -0.3 is 10.1 Å². The monoisotopic (exact) mass is 412 g/mol. The number of rotatable bonds is 6. The van der Waals surface area contributed by atoms with E-state index in [4.69, 9.17) is 4.74 Å². The van der Waals surface area contributed by atoms with Crippen LogP contribution in [0.1, 0.15) is 25.1 Å². The number of hydrogen-bond acceptors (Lipinski definition) is 3. The smallest absolute Gasteiger partial charge is 0.148 e. The molecule has 0 radical (unpaired) electrons. The van der Waals surface area contributed by atoms with Gasteiger partial charge in [0.05, 0.1) is 20.7 Å². The summed E-state index contributed by atoms with van der Waals surface area (Å²) in [6.45, 7) is 5.55. The van der Waals surface area contributed by atoms with Crippen molar-refractivity contribution in [2.75, 3.05) is 0 Å². The molecule has 2 aromatic rings. The number of nitrogens with zero attached hydrogens (tertiary/aromatic N) is 1. The number of aromatic nitrogens is 1. The molecule has 3 nitrogen and oxygen atoms in total. The SMILES string of the molecule is CC(C)Oc1c(Br)cc(CNCc2ccccn2)cc1Br. The molecule has 1 aromatic carbocycles. The fourth-order valence-corrected chi connectivity index (χ4v) is 3.37. The van der Waals surface area contributed by atoms with E-state index in [1.165, 1.54) is 5.56 Å². The summed E-state index contributed by atoms with van der Waals surface area (Å²) in [4.78, 5) is 4.29. The maximum Gasteiger partial charge on any atom is 0.148 e. The topological polar surface area (TPSA) is 34.1 Å². The lowest BCUT2D eigenvalue weighted by Crippen LogP contribution is -2.14. The van der Waals surface area contributed by atoms with Crippen LogP contribution in [-0.4, -0.2) is 11.1 Å². The van der Waals surface area contributed by atoms with Crippen molar-refractivity contribution in [2.24, 2.45) is 0 Å². The van der Waals surface area contributed by atoms with Crippen LogP contribution in [0.2, 0.25) is 0 Å². The van der Waals surface area contributed by atoms with Crippen LogP contribution in [0.3, 0.4) is 0 Å². The van der Waals surface area contributed by atoms with Gasteiger partial charge in [0.2, 0.25) is 0 Å². The van der Waals surface area contributed by atoms with Gasteiger partial charge in [-0.3, -0.25) is 4.98 Å². The van der Waals surface area contributed by atoms with E-state index < -0.39 is 0 Å². The minimum atomic E-state index is 0.144. The molecule has 0 bridgehead atoms. The van der Waals surface area contributed by atoms with Crippen LogP contribution in [0.4, 0.5) is 0 Å². The van der Waals surface area contributed by atoms with Gasteiger partial charge >= 0.3 is 0 Å².